The van der Waals surface area contributed by atoms with Gasteiger partial charge >= 0.3 is 0 Å². The Balaban J connectivity index is 1.79. The van der Waals surface area contributed by atoms with Gasteiger partial charge in [0.25, 0.3) is 0 Å². The topological polar surface area (TPSA) is 52.8 Å². The van der Waals surface area contributed by atoms with E-state index in [-0.39, 0.29) is 11.9 Å². The summed E-state index contributed by atoms with van der Waals surface area (Å²) in [4.78, 5) is 18.4. The van der Waals surface area contributed by atoms with Crippen molar-refractivity contribution in [1.29, 1.82) is 0 Å². The van der Waals surface area contributed by atoms with E-state index in [0.717, 1.165) is 32.2 Å². The second kappa shape index (κ2) is 5.99. The van der Waals surface area contributed by atoms with Crippen molar-refractivity contribution in [2.45, 2.75) is 31.3 Å². The largest absolute Gasteiger partial charge is 0.349 e. The predicted octanol–water partition coefficient (Wildman–Crippen LogP) is -0.428. The first-order valence-electron chi connectivity index (χ1n) is 7.00. The van der Waals surface area contributed by atoms with Crippen LogP contribution in [0.1, 0.15) is 19.3 Å². The molecule has 1 heterocycles. The van der Waals surface area contributed by atoms with Crippen molar-refractivity contribution in [3.63, 3.8) is 0 Å². The van der Waals surface area contributed by atoms with Crippen molar-refractivity contribution < 1.29 is 4.79 Å². The SMILES string of the molecule is CN(C)C(=O)CC(CN)N1CCN(C2CC2)CC1. The molecule has 5 nitrogen and oxygen atoms in total. The summed E-state index contributed by atoms with van der Waals surface area (Å²) in [6, 6.07) is 1.06. The van der Waals surface area contributed by atoms with Crippen molar-refractivity contribution in [2.24, 2.45) is 5.73 Å². The van der Waals surface area contributed by atoms with Crippen LogP contribution < -0.4 is 5.73 Å². The number of carbonyl (C=O) groups is 1. The van der Waals surface area contributed by atoms with Gasteiger partial charge in [-0.1, -0.05) is 0 Å². The molecule has 2 N–H and O–H groups in total. The highest BCUT2D eigenvalue weighted by Gasteiger charge is 2.33. The molecule has 1 saturated carbocycles. The first kappa shape index (κ1) is 13.8. The summed E-state index contributed by atoms with van der Waals surface area (Å²) in [5.74, 6) is 0.176. The second-order valence-corrected chi connectivity index (χ2v) is 5.68. The lowest BCUT2D eigenvalue weighted by molar-refractivity contribution is -0.130. The maximum atomic E-state index is 11.8. The summed E-state index contributed by atoms with van der Waals surface area (Å²) in [6.45, 7) is 4.95. The van der Waals surface area contributed by atoms with E-state index in [1.165, 1.54) is 12.8 Å². The van der Waals surface area contributed by atoms with Gasteiger partial charge < -0.3 is 10.6 Å². The number of hydrogen-bond acceptors (Lipinski definition) is 4. The highest BCUT2D eigenvalue weighted by molar-refractivity contribution is 5.76. The number of carbonyl (C=O) groups excluding carboxylic acids is 1. The average Bonchev–Trinajstić information content (AvgIpc) is 3.20. The van der Waals surface area contributed by atoms with Crippen LogP contribution in [0.5, 0.6) is 0 Å². The molecule has 0 aromatic rings. The van der Waals surface area contributed by atoms with Gasteiger partial charge in [-0.2, -0.15) is 0 Å². The number of hydrogen-bond donors (Lipinski definition) is 1. The predicted molar refractivity (Wildman–Crippen MR) is 72.3 cm³/mol. The summed E-state index contributed by atoms with van der Waals surface area (Å²) >= 11 is 0. The highest BCUT2D eigenvalue weighted by Crippen LogP contribution is 2.27. The van der Waals surface area contributed by atoms with Crippen LogP contribution in [0.3, 0.4) is 0 Å². The zero-order chi connectivity index (χ0) is 13.1. The average molecular weight is 254 g/mol. The quantitative estimate of drug-likeness (QED) is 0.723. The third-order valence-electron chi connectivity index (χ3n) is 4.11. The third kappa shape index (κ3) is 3.43. The third-order valence-corrected chi connectivity index (χ3v) is 4.11. The van der Waals surface area contributed by atoms with E-state index in [2.05, 4.69) is 9.80 Å². The van der Waals surface area contributed by atoms with E-state index < -0.39 is 0 Å². The summed E-state index contributed by atoms with van der Waals surface area (Å²) in [5.41, 5.74) is 5.83. The van der Waals surface area contributed by atoms with E-state index in [4.69, 9.17) is 5.73 Å². The molecule has 0 bridgehead atoms. The maximum Gasteiger partial charge on any atom is 0.223 e. The Labute approximate surface area is 110 Å². The van der Waals surface area contributed by atoms with E-state index >= 15 is 0 Å². The summed E-state index contributed by atoms with van der Waals surface area (Å²) in [5, 5.41) is 0. The van der Waals surface area contributed by atoms with Crippen LogP contribution in [-0.2, 0) is 4.79 Å². The number of amides is 1. The van der Waals surface area contributed by atoms with Crippen molar-refractivity contribution in [1.82, 2.24) is 14.7 Å². The van der Waals surface area contributed by atoms with Crippen LogP contribution in [0, 0.1) is 0 Å². The van der Waals surface area contributed by atoms with Crippen molar-refractivity contribution in [2.75, 3.05) is 46.8 Å². The summed E-state index contributed by atoms with van der Waals surface area (Å²) in [7, 11) is 3.61. The van der Waals surface area contributed by atoms with Crippen LogP contribution in [-0.4, -0.2) is 79.5 Å². The molecule has 2 fully saturated rings. The minimum atomic E-state index is 0.176. The van der Waals surface area contributed by atoms with Crippen molar-refractivity contribution in [3.8, 4) is 0 Å². The highest BCUT2D eigenvalue weighted by atomic mass is 16.2. The maximum absolute atomic E-state index is 11.8. The lowest BCUT2D eigenvalue weighted by Crippen LogP contribution is -2.53. The molecule has 0 radical (unpaired) electrons. The fourth-order valence-electron chi connectivity index (χ4n) is 2.65. The van der Waals surface area contributed by atoms with E-state index in [9.17, 15) is 4.79 Å². The molecule has 1 aliphatic heterocycles. The number of rotatable bonds is 5. The lowest BCUT2D eigenvalue weighted by atomic mass is 10.1. The first-order valence-corrected chi connectivity index (χ1v) is 7.00. The fourth-order valence-corrected chi connectivity index (χ4v) is 2.65. The van der Waals surface area contributed by atoms with E-state index in [1.54, 1.807) is 19.0 Å². The fraction of sp³-hybridized carbons (Fsp3) is 0.923. The molecule has 1 atom stereocenters. The molecule has 5 heteroatoms. The van der Waals surface area contributed by atoms with Crippen molar-refractivity contribution >= 4 is 5.91 Å². The number of nitrogens with zero attached hydrogens (tertiary/aromatic N) is 3. The Kier molecular flexibility index (Phi) is 4.59. The molecule has 0 aromatic carbocycles. The van der Waals surface area contributed by atoms with Gasteiger partial charge in [0.15, 0.2) is 0 Å². The number of nitrogens with two attached hydrogens (primary N) is 1. The molecule has 1 unspecified atom stereocenters. The van der Waals surface area contributed by atoms with Crippen LogP contribution >= 0.6 is 0 Å². The number of piperazine rings is 1. The van der Waals surface area contributed by atoms with E-state index in [1.807, 2.05) is 0 Å². The van der Waals surface area contributed by atoms with Gasteiger partial charge in [-0.3, -0.25) is 14.6 Å². The molecular formula is C13H26N4O. The van der Waals surface area contributed by atoms with Crippen LogP contribution in [0.2, 0.25) is 0 Å². The van der Waals surface area contributed by atoms with Crippen LogP contribution in [0.4, 0.5) is 0 Å². The van der Waals surface area contributed by atoms with Gasteiger partial charge in [0, 0.05) is 65.3 Å². The second-order valence-electron chi connectivity index (χ2n) is 5.68. The molecule has 2 aliphatic rings. The van der Waals surface area contributed by atoms with Gasteiger partial charge in [0.2, 0.25) is 5.91 Å². The molecule has 104 valence electrons. The van der Waals surface area contributed by atoms with Gasteiger partial charge in [0.05, 0.1) is 0 Å². The minimum absolute atomic E-state index is 0.176. The first-order chi connectivity index (χ1) is 8.61. The monoisotopic (exact) mass is 254 g/mol. The molecule has 1 amide bonds. The van der Waals surface area contributed by atoms with E-state index in [0.29, 0.717) is 13.0 Å². The lowest BCUT2D eigenvalue weighted by Gasteiger charge is -2.39. The zero-order valence-electron chi connectivity index (χ0n) is 11.6. The molecule has 1 aliphatic carbocycles. The standard InChI is InChI=1S/C13H26N4O/c1-15(2)13(18)9-12(10-14)17-7-5-16(6-8-17)11-3-4-11/h11-12H,3-10,14H2,1-2H3. The normalized spacial score (nSPS) is 23.9. The minimum Gasteiger partial charge on any atom is -0.349 e. The Bertz CT molecular complexity index is 283. The zero-order valence-corrected chi connectivity index (χ0v) is 11.6. The van der Waals surface area contributed by atoms with Gasteiger partial charge in [0.1, 0.15) is 0 Å². The van der Waals surface area contributed by atoms with Crippen LogP contribution in [0.15, 0.2) is 0 Å². The molecule has 0 aromatic heterocycles. The summed E-state index contributed by atoms with van der Waals surface area (Å²) < 4.78 is 0. The molecule has 1 saturated heterocycles. The Hall–Kier alpha value is -0.650. The Morgan fingerprint density at radius 1 is 1.28 bits per heavy atom. The Morgan fingerprint density at radius 2 is 1.89 bits per heavy atom. The molecule has 2 rings (SSSR count). The molecule has 18 heavy (non-hydrogen) atoms. The smallest absolute Gasteiger partial charge is 0.223 e. The van der Waals surface area contributed by atoms with Gasteiger partial charge in [-0.05, 0) is 12.8 Å². The van der Waals surface area contributed by atoms with Crippen molar-refractivity contribution in [3.05, 3.63) is 0 Å². The van der Waals surface area contributed by atoms with Crippen LogP contribution in [0.25, 0.3) is 0 Å². The summed E-state index contributed by atoms with van der Waals surface area (Å²) in [6.07, 6.45) is 3.30. The Morgan fingerprint density at radius 3 is 2.33 bits per heavy atom. The van der Waals surface area contributed by atoms with Gasteiger partial charge in [-0.15, -0.1) is 0 Å². The molecular weight excluding hydrogens is 228 g/mol. The molecule has 0 spiro atoms. The van der Waals surface area contributed by atoms with Gasteiger partial charge in [-0.25, -0.2) is 0 Å².